The Hall–Kier alpha value is -3.39. The van der Waals surface area contributed by atoms with Gasteiger partial charge >= 0.3 is 0 Å². The van der Waals surface area contributed by atoms with Gasteiger partial charge in [0.2, 0.25) is 11.8 Å². The molecular formula is C23H27ClN6O2. The van der Waals surface area contributed by atoms with E-state index >= 15 is 0 Å². The molecule has 0 saturated heterocycles. The first kappa shape index (κ1) is 23.3. The Kier molecular flexibility index (Phi) is 7.48. The monoisotopic (exact) mass is 454 g/mol. The van der Waals surface area contributed by atoms with Gasteiger partial charge in [-0.2, -0.15) is 10.2 Å². The van der Waals surface area contributed by atoms with Crippen LogP contribution in [0.5, 0.6) is 0 Å². The van der Waals surface area contributed by atoms with Crippen LogP contribution in [0.3, 0.4) is 0 Å². The zero-order chi connectivity index (χ0) is 23.3. The van der Waals surface area contributed by atoms with Crippen molar-refractivity contribution in [3.63, 3.8) is 0 Å². The minimum absolute atomic E-state index is 0.208. The molecule has 0 aliphatic rings. The lowest BCUT2D eigenvalue weighted by molar-refractivity contribution is -0.119. The second kappa shape index (κ2) is 10.3. The van der Waals surface area contributed by atoms with E-state index in [1.54, 1.807) is 65.1 Å². The van der Waals surface area contributed by atoms with Crippen LogP contribution in [0.2, 0.25) is 5.15 Å². The van der Waals surface area contributed by atoms with Crippen LogP contribution in [0.1, 0.15) is 38.1 Å². The van der Waals surface area contributed by atoms with Gasteiger partial charge in [-0.1, -0.05) is 31.5 Å². The maximum atomic E-state index is 12.4. The van der Waals surface area contributed by atoms with Crippen LogP contribution in [0.25, 0.3) is 6.08 Å². The maximum Gasteiger partial charge on any atom is 0.248 e. The van der Waals surface area contributed by atoms with Crippen molar-refractivity contribution in [3.8, 4) is 0 Å². The summed E-state index contributed by atoms with van der Waals surface area (Å²) < 4.78 is 3.32. The van der Waals surface area contributed by atoms with Gasteiger partial charge < -0.3 is 10.6 Å². The summed E-state index contributed by atoms with van der Waals surface area (Å²) in [5.74, 6) is -0.117. The van der Waals surface area contributed by atoms with Gasteiger partial charge in [-0.15, -0.1) is 0 Å². The van der Waals surface area contributed by atoms with Crippen LogP contribution >= 0.6 is 11.6 Å². The van der Waals surface area contributed by atoms with Crippen molar-refractivity contribution in [3.05, 3.63) is 65.2 Å². The highest BCUT2D eigenvalue weighted by Gasteiger charge is 2.15. The lowest BCUT2D eigenvalue weighted by atomic mass is 10.2. The number of carbonyl (C=O) groups excluding carboxylic acids is 2. The number of nitrogens with zero attached hydrogens (tertiary/aromatic N) is 4. The van der Waals surface area contributed by atoms with Crippen LogP contribution in [0.15, 0.2) is 48.8 Å². The lowest BCUT2D eigenvalue weighted by Gasteiger charge is -2.13. The molecule has 168 valence electrons. The molecule has 1 aromatic carbocycles. The number of aryl methyl sites for hydroxylation is 1. The summed E-state index contributed by atoms with van der Waals surface area (Å²) in [7, 11) is 0. The molecule has 0 aliphatic heterocycles. The molecule has 2 N–H and O–H groups in total. The van der Waals surface area contributed by atoms with Crippen molar-refractivity contribution >= 4 is 40.9 Å². The van der Waals surface area contributed by atoms with E-state index in [0.29, 0.717) is 29.0 Å². The molecule has 0 aliphatic carbocycles. The molecule has 0 radical (unpaired) electrons. The topological polar surface area (TPSA) is 93.8 Å². The molecule has 1 unspecified atom stereocenters. The van der Waals surface area contributed by atoms with Crippen molar-refractivity contribution in [2.45, 2.75) is 40.3 Å². The number of rotatable bonds is 8. The minimum Gasteiger partial charge on any atom is -0.324 e. The van der Waals surface area contributed by atoms with Gasteiger partial charge in [0.15, 0.2) is 0 Å². The van der Waals surface area contributed by atoms with Crippen molar-refractivity contribution in [1.82, 2.24) is 19.6 Å². The number of carbonyl (C=O) groups is 2. The minimum atomic E-state index is -0.462. The van der Waals surface area contributed by atoms with E-state index in [1.165, 1.54) is 6.08 Å². The zero-order valence-corrected chi connectivity index (χ0v) is 19.3. The Labute approximate surface area is 192 Å². The van der Waals surface area contributed by atoms with E-state index in [4.69, 9.17) is 11.6 Å². The number of aromatic nitrogens is 4. The molecule has 0 saturated carbocycles. The Morgan fingerprint density at radius 1 is 1.16 bits per heavy atom. The summed E-state index contributed by atoms with van der Waals surface area (Å²) in [6.07, 6.45) is 6.43. The third kappa shape index (κ3) is 5.85. The summed E-state index contributed by atoms with van der Waals surface area (Å²) in [6, 6.07) is 8.25. The highest BCUT2D eigenvalue weighted by Crippen LogP contribution is 2.22. The number of halogens is 1. The van der Waals surface area contributed by atoms with E-state index in [-0.39, 0.29) is 11.8 Å². The van der Waals surface area contributed by atoms with Crippen molar-refractivity contribution in [2.24, 2.45) is 5.92 Å². The van der Waals surface area contributed by atoms with Crippen molar-refractivity contribution < 1.29 is 9.59 Å². The number of amides is 2. The van der Waals surface area contributed by atoms with Crippen LogP contribution in [0, 0.1) is 12.8 Å². The molecular weight excluding hydrogens is 428 g/mol. The van der Waals surface area contributed by atoms with Crippen LogP contribution in [0.4, 0.5) is 11.4 Å². The van der Waals surface area contributed by atoms with Gasteiger partial charge in [-0.25, -0.2) is 0 Å². The first-order valence-corrected chi connectivity index (χ1v) is 10.7. The average molecular weight is 455 g/mol. The molecule has 0 spiro atoms. The van der Waals surface area contributed by atoms with Gasteiger partial charge in [-0.05, 0) is 50.1 Å². The number of benzene rings is 1. The summed E-state index contributed by atoms with van der Waals surface area (Å²) in [4.78, 5) is 24.9. The molecule has 32 heavy (non-hydrogen) atoms. The molecule has 2 amide bonds. The fourth-order valence-electron chi connectivity index (χ4n) is 3.12. The summed E-state index contributed by atoms with van der Waals surface area (Å²) in [6.45, 7) is 8.50. The fourth-order valence-corrected chi connectivity index (χ4v) is 3.42. The van der Waals surface area contributed by atoms with Crippen LogP contribution < -0.4 is 10.6 Å². The molecule has 3 rings (SSSR count). The Bertz CT molecular complexity index is 1120. The smallest absolute Gasteiger partial charge is 0.248 e. The number of hydrogen-bond acceptors (Lipinski definition) is 4. The number of anilines is 2. The van der Waals surface area contributed by atoms with E-state index in [1.807, 2.05) is 6.92 Å². The summed E-state index contributed by atoms with van der Waals surface area (Å²) in [5.41, 5.74) is 2.61. The summed E-state index contributed by atoms with van der Waals surface area (Å²) in [5, 5.41) is 14.7. The van der Waals surface area contributed by atoms with E-state index < -0.39 is 6.04 Å². The highest BCUT2D eigenvalue weighted by atomic mass is 35.5. The largest absolute Gasteiger partial charge is 0.324 e. The fraction of sp³-hybridized carbons (Fsp3) is 0.304. The van der Waals surface area contributed by atoms with Crippen molar-refractivity contribution in [2.75, 3.05) is 10.6 Å². The predicted octanol–water partition coefficient (Wildman–Crippen LogP) is 4.55. The number of nitrogens with one attached hydrogen (secondary N) is 2. The highest BCUT2D eigenvalue weighted by molar-refractivity contribution is 6.31. The lowest BCUT2D eigenvalue weighted by Crippen LogP contribution is -2.24. The molecule has 0 bridgehead atoms. The third-order valence-corrected chi connectivity index (χ3v) is 5.15. The Morgan fingerprint density at radius 2 is 1.88 bits per heavy atom. The van der Waals surface area contributed by atoms with E-state index in [9.17, 15) is 9.59 Å². The standard InChI is InChI=1S/C23H27ClN6O2/c1-15(2)14-30-22(24)20(16(3)28-30)9-10-21(31)26-18-7-5-8-19(13-18)27-23(32)17(4)29-12-6-11-25-29/h5-13,15,17H,14H2,1-4H3,(H,26,31)(H,27,32)/b10-9+. The zero-order valence-electron chi connectivity index (χ0n) is 18.5. The second-order valence-corrected chi connectivity index (χ2v) is 8.28. The van der Waals surface area contributed by atoms with Crippen LogP contribution in [-0.2, 0) is 16.1 Å². The van der Waals surface area contributed by atoms with Gasteiger partial charge in [0, 0.05) is 42.0 Å². The third-order valence-electron chi connectivity index (χ3n) is 4.75. The number of hydrogen-bond donors (Lipinski definition) is 2. The second-order valence-electron chi connectivity index (χ2n) is 7.92. The normalized spacial score (nSPS) is 12.3. The maximum absolute atomic E-state index is 12.4. The quantitative estimate of drug-likeness (QED) is 0.488. The molecule has 0 fully saturated rings. The SMILES string of the molecule is Cc1nn(CC(C)C)c(Cl)c1/C=C/C(=O)Nc1cccc(NC(=O)C(C)n2cccn2)c1. The molecule has 3 aromatic rings. The first-order chi connectivity index (χ1) is 15.2. The molecule has 2 aromatic heterocycles. The average Bonchev–Trinajstić information content (AvgIpc) is 3.35. The van der Waals surface area contributed by atoms with Crippen LogP contribution in [-0.4, -0.2) is 31.4 Å². The summed E-state index contributed by atoms with van der Waals surface area (Å²) >= 11 is 6.42. The van der Waals surface area contributed by atoms with E-state index in [2.05, 4.69) is 34.7 Å². The Balaban J connectivity index is 1.64. The molecule has 2 heterocycles. The van der Waals surface area contributed by atoms with Gasteiger partial charge in [0.05, 0.1) is 5.69 Å². The molecule has 8 nitrogen and oxygen atoms in total. The predicted molar refractivity (Wildman–Crippen MR) is 126 cm³/mol. The van der Waals surface area contributed by atoms with Gasteiger partial charge in [0.1, 0.15) is 11.2 Å². The molecule has 1 atom stereocenters. The van der Waals surface area contributed by atoms with E-state index in [0.717, 1.165) is 11.3 Å². The van der Waals surface area contributed by atoms with Gasteiger partial charge in [0.25, 0.3) is 0 Å². The molecule has 9 heteroatoms. The first-order valence-electron chi connectivity index (χ1n) is 10.4. The van der Waals surface area contributed by atoms with Crippen molar-refractivity contribution in [1.29, 1.82) is 0 Å². The van der Waals surface area contributed by atoms with Gasteiger partial charge in [-0.3, -0.25) is 19.0 Å². The Morgan fingerprint density at radius 3 is 2.53 bits per heavy atom.